The highest BCUT2D eigenvalue weighted by atomic mass is 16.5. The highest BCUT2D eigenvalue weighted by molar-refractivity contribution is 5.76. The van der Waals surface area contributed by atoms with E-state index in [1.165, 1.54) is 89.9 Å². The van der Waals surface area contributed by atoms with Crippen molar-refractivity contribution in [3.05, 3.63) is 0 Å². The molecular weight excluding hydrogens is 412 g/mol. The Balaban J connectivity index is 0. The third-order valence-electron chi connectivity index (χ3n) is 5.12. The lowest BCUT2D eigenvalue weighted by Gasteiger charge is -2.07. The first-order valence-corrected chi connectivity index (χ1v) is 12.6. The topological polar surface area (TPSA) is 121 Å². The van der Waals surface area contributed by atoms with Crippen molar-refractivity contribution in [2.24, 2.45) is 0 Å². The molecule has 190 valence electrons. The fraction of sp³-hybridized carbons (Fsp3) is 0.880. The lowest BCUT2D eigenvalue weighted by molar-refractivity contribution is -0.150. The van der Waals surface area contributed by atoms with Gasteiger partial charge in [-0.3, -0.25) is 9.59 Å². The van der Waals surface area contributed by atoms with E-state index in [4.69, 9.17) is 15.3 Å². The normalized spacial score (nSPS) is 11.3. The molecule has 0 saturated heterocycles. The van der Waals surface area contributed by atoms with Crippen LogP contribution < -0.4 is 0 Å². The second kappa shape index (κ2) is 27.6. The van der Waals surface area contributed by atoms with Crippen LogP contribution in [0.1, 0.15) is 122 Å². The molecule has 1 atom stereocenters. The SMILES string of the molecule is CCCCCCCCCCCCCCCCCC=O.O=C(O)CCC(=O)OCC(O)CO. The number of rotatable bonds is 22. The summed E-state index contributed by atoms with van der Waals surface area (Å²) in [6, 6.07) is 0. The molecule has 0 rings (SSSR count). The van der Waals surface area contributed by atoms with Crippen LogP contribution in [-0.2, 0) is 19.1 Å². The third kappa shape index (κ3) is 30.7. The van der Waals surface area contributed by atoms with E-state index < -0.39 is 24.6 Å². The predicted octanol–water partition coefficient (Wildman–Crippen LogP) is 5.19. The van der Waals surface area contributed by atoms with Crippen molar-refractivity contribution in [1.29, 1.82) is 0 Å². The standard InChI is InChI=1S/C18H36O.C7H12O6/c1-2-3-4-5-6-7-8-9-10-11-12-13-14-15-16-17-18-19;8-3-5(9)4-13-7(12)2-1-6(10)11/h18H,2-17H2,1H3;5,8-9H,1-4H2,(H,10,11). The zero-order chi connectivity index (χ0) is 24.3. The molecule has 7 nitrogen and oxygen atoms in total. The van der Waals surface area contributed by atoms with Gasteiger partial charge in [0.05, 0.1) is 19.4 Å². The number of aldehydes is 1. The van der Waals surface area contributed by atoms with Crippen LogP contribution in [0.15, 0.2) is 0 Å². The van der Waals surface area contributed by atoms with E-state index in [1.807, 2.05) is 0 Å². The number of unbranched alkanes of at least 4 members (excludes halogenated alkanes) is 15. The molecule has 1 unspecified atom stereocenters. The van der Waals surface area contributed by atoms with Gasteiger partial charge >= 0.3 is 11.9 Å². The first kappa shape index (κ1) is 32.7. The number of aliphatic carboxylic acids is 1. The molecule has 7 heteroatoms. The molecule has 0 aliphatic rings. The number of aliphatic hydroxyl groups excluding tert-OH is 2. The summed E-state index contributed by atoms with van der Waals surface area (Å²) >= 11 is 0. The molecule has 0 heterocycles. The van der Waals surface area contributed by atoms with Crippen molar-refractivity contribution in [2.45, 2.75) is 129 Å². The van der Waals surface area contributed by atoms with Crippen molar-refractivity contribution in [2.75, 3.05) is 13.2 Å². The Labute approximate surface area is 194 Å². The van der Waals surface area contributed by atoms with Crippen molar-refractivity contribution in [3.8, 4) is 0 Å². The molecule has 0 aromatic rings. The molecule has 0 saturated carbocycles. The maximum absolute atomic E-state index is 10.7. The molecule has 0 radical (unpaired) electrons. The van der Waals surface area contributed by atoms with E-state index in [0.717, 1.165) is 19.1 Å². The molecule has 3 N–H and O–H groups in total. The first-order valence-electron chi connectivity index (χ1n) is 12.6. The number of aliphatic hydroxyl groups is 2. The van der Waals surface area contributed by atoms with Crippen LogP contribution >= 0.6 is 0 Å². The Hall–Kier alpha value is -1.47. The van der Waals surface area contributed by atoms with Gasteiger partial charge in [0, 0.05) is 6.42 Å². The number of carboxylic acid groups (broad SMARTS) is 1. The summed E-state index contributed by atoms with van der Waals surface area (Å²) in [5.41, 5.74) is 0. The largest absolute Gasteiger partial charge is 0.481 e. The fourth-order valence-electron chi connectivity index (χ4n) is 3.12. The van der Waals surface area contributed by atoms with Crippen LogP contribution in [0, 0.1) is 0 Å². The maximum atomic E-state index is 10.7. The monoisotopic (exact) mass is 460 g/mol. The zero-order valence-electron chi connectivity index (χ0n) is 20.3. The number of carbonyl (C=O) groups excluding carboxylic acids is 2. The molecule has 0 fully saturated rings. The van der Waals surface area contributed by atoms with Crippen LogP contribution in [0.2, 0.25) is 0 Å². The van der Waals surface area contributed by atoms with Crippen molar-refractivity contribution < 1.29 is 34.4 Å². The summed E-state index contributed by atoms with van der Waals surface area (Å²) < 4.78 is 4.43. The smallest absolute Gasteiger partial charge is 0.306 e. The minimum absolute atomic E-state index is 0.229. The molecule has 0 amide bonds. The van der Waals surface area contributed by atoms with E-state index >= 15 is 0 Å². The van der Waals surface area contributed by atoms with Crippen molar-refractivity contribution in [3.63, 3.8) is 0 Å². The summed E-state index contributed by atoms with van der Waals surface area (Å²) in [5.74, 6) is -1.78. The highest BCUT2D eigenvalue weighted by Gasteiger charge is 2.09. The van der Waals surface area contributed by atoms with Gasteiger partial charge in [-0.1, -0.05) is 96.8 Å². The van der Waals surface area contributed by atoms with E-state index in [9.17, 15) is 14.4 Å². The molecule has 0 aromatic carbocycles. The van der Waals surface area contributed by atoms with Crippen molar-refractivity contribution >= 4 is 18.2 Å². The van der Waals surface area contributed by atoms with Crippen LogP contribution in [0.3, 0.4) is 0 Å². The van der Waals surface area contributed by atoms with Crippen LogP contribution in [0.4, 0.5) is 0 Å². The highest BCUT2D eigenvalue weighted by Crippen LogP contribution is 2.13. The lowest BCUT2D eigenvalue weighted by atomic mass is 10.0. The molecule has 0 aliphatic heterocycles. The molecule has 0 aliphatic carbocycles. The number of esters is 1. The predicted molar refractivity (Wildman–Crippen MR) is 127 cm³/mol. The van der Waals surface area contributed by atoms with Crippen LogP contribution in [-0.4, -0.2) is 52.9 Å². The van der Waals surface area contributed by atoms with Gasteiger partial charge in [0.2, 0.25) is 0 Å². The average Bonchev–Trinajstić information content (AvgIpc) is 2.79. The summed E-state index contributed by atoms with van der Waals surface area (Å²) in [7, 11) is 0. The number of ether oxygens (including phenoxy) is 1. The summed E-state index contributed by atoms with van der Waals surface area (Å²) in [5, 5.41) is 25.3. The second-order valence-electron chi connectivity index (χ2n) is 8.32. The molecule has 0 spiro atoms. The molecular formula is C25H48O7. The third-order valence-corrected chi connectivity index (χ3v) is 5.12. The number of hydrogen-bond acceptors (Lipinski definition) is 6. The number of hydrogen-bond donors (Lipinski definition) is 3. The van der Waals surface area contributed by atoms with Gasteiger partial charge in [0.1, 0.15) is 19.0 Å². The molecule has 32 heavy (non-hydrogen) atoms. The van der Waals surface area contributed by atoms with E-state index in [0.29, 0.717) is 0 Å². The average molecular weight is 461 g/mol. The lowest BCUT2D eigenvalue weighted by Crippen LogP contribution is -2.22. The van der Waals surface area contributed by atoms with E-state index in [-0.39, 0.29) is 19.4 Å². The van der Waals surface area contributed by atoms with Gasteiger partial charge in [-0.2, -0.15) is 0 Å². The Morgan fingerprint density at radius 3 is 1.59 bits per heavy atom. The Morgan fingerprint density at radius 1 is 0.781 bits per heavy atom. The quantitative estimate of drug-likeness (QED) is 0.115. The Bertz CT molecular complexity index is 427. The van der Waals surface area contributed by atoms with E-state index in [1.54, 1.807) is 0 Å². The van der Waals surface area contributed by atoms with Crippen molar-refractivity contribution in [1.82, 2.24) is 0 Å². The molecule has 0 bridgehead atoms. The van der Waals surface area contributed by atoms with Crippen LogP contribution in [0.5, 0.6) is 0 Å². The minimum Gasteiger partial charge on any atom is -0.481 e. The van der Waals surface area contributed by atoms with Crippen LogP contribution in [0.25, 0.3) is 0 Å². The number of carboxylic acids is 1. The van der Waals surface area contributed by atoms with Gasteiger partial charge < -0.3 is 24.9 Å². The maximum Gasteiger partial charge on any atom is 0.306 e. The van der Waals surface area contributed by atoms with Gasteiger partial charge in [0.15, 0.2) is 0 Å². The summed E-state index contributed by atoms with van der Waals surface area (Å²) in [4.78, 5) is 30.8. The fourth-order valence-corrected chi connectivity index (χ4v) is 3.12. The first-order chi connectivity index (χ1) is 15.5. The Kier molecular flexibility index (Phi) is 28.2. The van der Waals surface area contributed by atoms with E-state index in [2.05, 4.69) is 11.7 Å². The van der Waals surface area contributed by atoms with Gasteiger partial charge in [0.25, 0.3) is 0 Å². The summed E-state index contributed by atoms with van der Waals surface area (Å²) in [6.07, 6.45) is 21.0. The zero-order valence-corrected chi connectivity index (χ0v) is 20.3. The minimum atomic E-state index is -1.10. The Morgan fingerprint density at radius 2 is 1.22 bits per heavy atom. The second-order valence-corrected chi connectivity index (χ2v) is 8.32. The molecule has 0 aromatic heterocycles. The van der Waals surface area contributed by atoms with Gasteiger partial charge in [-0.15, -0.1) is 0 Å². The van der Waals surface area contributed by atoms with Gasteiger partial charge in [-0.25, -0.2) is 0 Å². The van der Waals surface area contributed by atoms with Gasteiger partial charge in [-0.05, 0) is 6.42 Å². The summed E-state index contributed by atoms with van der Waals surface area (Å²) in [6.45, 7) is 1.48. The number of carbonyl (C=O) groups is 3.